The molecule has 0 spiro atoms. The lowest BCUT2D eigenvalue weighted by atomic mass is 9.97. The summed E-state index contributed by atoms with van der Waals surface area (Å²) in [4.78, 5) is 0.104. The van der Waals surface area contributed by atoms with Crippen LogP contribution in [0.1, 0.15) is 40.8 Å². The molecule has 23 heavy (non-hydrogen) atoms. The molecule has 0 radical (unpaired) electrons. The molecular weight excluding hydrogens is 313 g/mol. The lowest BCUT2D eigenvalue weighted by Gasteiger charge is -2.19. The third-order valence-electron chi connectivity index (χ3n) is 4.11. The highest BCUT2D eigenvalue weighted by atomic mass is 32.2. The molecule has 2 aromatic carbocycles. The molecule has 124 valence electrons. The minimum Gasteiger partial charge on any atom is -0.207 e. The predicted octanol–water partition coefficient (Wildman–Crippen LogP) is 4.10. The van der Waals surface area contributed by atoms with Gasteiger partial charge in [-0.15, -0.1) is 0 Å². The van der Waals surface area contributed by atoms with Crippen LogP contribution in [0.5, 0.6) is 0 Å². The van der Waals surface area contributed by atoms with E-state index in [1.54, 1.807) is 6.92 Å². The third-order valence-corrected chi connectivity index (χ3v) is 5.81. The molecule has 3 nitrogen and oxygen atoms in total. The maximum absolute atomic E-state index is 13.2. The molecule has 0 bridgehead atoms. The van der Waals surface area contributed by atoms with E-state index < -0.39 is 15.8 Å². The summed E-state index contributed by atoms with van der Waals surface area (Å²) in [5.41, 5.74) is 4.67. The van der Waals surface area contributed by atoms with E-state index in [2.05, 4.69) is 10.8 Å². The minimum absolute atomic E-state index is 0.104. The summed E-state index contributed by atoms with van der Waals surface area (Å²) in [5, 5.41) is 0. The summed E-state index contributed by atoms with van der Waals surface area (Å²) >= 11 is 0. The van der Waals surface area contributed by atoms with E-state index in [-0.39, 0.29) is 10.9 Å². The van der Waals surface area contributed by atoms with Gasteiger partial charge in [-0.25, -0.2) is 17.5 Å². The van der Waals surface area contributed by atoms with Crippen LogP contribution in [0, 0.1) is 33.5 Å². The smallest absolute Gasteiger partial charge is 0.207 e. The SMILES string of the molecule is Cc1cc(C)c(C(C)NS(=O)(=O)c2ccc(F)cc2C)cc1C. The van der Waals surface area contributed by atoms with Crippen molar-refractivity contribution in [2.45, 2.75) is 45.6 Å². The zero-order chi connectivity index (χ0) is 17.4. The normalized spacial score (nSPS) is 13.1. The molecule has 0 heterocycles. The van der Waals surface area contributed by atoms with Crippen molar-refractivity contribution in [1.29, 1.82) is 0 Å². The zero-order valence-corrected chi connectivity index (χ0v) is 14.9. The van der Waals surface area contributed by atoms with Crippen molar-refractivity contribution in [1.82, 2.24) is 4.72 Å². The average molecular weight is 335 g/mol. The highest BCUT2D eigenvalue weighted by molar-refractivity contribution is 7.89. The van der Waals surface area contributed by atoms with Gasteiger partial charge in [-0.2, -0.15) is 0 Å². The Kier molecular flexibility index (Phi) is 4.92. The van der Waals surface area contributed by atoms with Gasteiger partial charge in [0.1, 0.15) is 5.82 Å². The highest BCUT2D eigenvalue weighted by Gasteiger charge is 2.21. The fraction of sp³-hybridized carbons (Fsp3) is 0.333. The standard InChI is InChI=1S/C18H22FNO2S/c1-11-8-13(3)17(10-12(11)2)15(5)20-23(21,22)18-7-6-16(19)9-14(18)4/h6-10,15,20H,1-5H3. The fourth-order valence-corrected chi connectivity index (χ4v) is 4.17. The Balaban J connectivity index is 2.35. The van der Waals surface area contributed by atoms with Crippen molar-refractivity contribution >= 4 is 10.0 Å². The van der Waals surface area contributed by atoms with Crippen molar-refractivity contribution in [2.24, 2.45) is 0 Å². The molecule has 2 aromatic rings. The van der Waals surface area contributed by atoms with Crippen molar-refractivity contribution in [3.63, 3.8) is 0 Å². The minimum atomic E-state index is -3.71. The molecule has 1 unspecified atom stereocenters. The van der Waals surface area contributed by atoms with Crippen LogP contribution in [0.25, 0.3) is 0 Å². The Morgan fingerprint density at radius 3 is 2.13 bits per heavy atom. The van der Waals surface area contributed by atoms with Crippen LogP contribution in [-0.4, -0.2) is 8.42 Å². The molecule has 0 aliphatic carbocycles. The van der Waals surface area contributed by atoms with Crippen LogP contribution in [0.2, 0.25) is 0 Å². The Hall–Kier alpha value is -1.72. The van der Waals surface area contributed by atoms with Gasteiger partial charge in [0.15, 0.2) is 0 Å². The second-order valence-corrected chi connectivity index (χ2v) is 7.73. The number of hydrogen-bond acceptors (Lipinski definition) is 2. The molecule has 0 fully saturated rings. The number of nitrogens with one attached hydrogen (secondary N) is 1. The average Bonchev–Trinajstić information content (AvgIpc) is 2.41. The Labute approximate surface area is 137 Å². The first-order chi connectivity index (χ1) is 10.6. The van der Waals surface area contributed by atoms with E-state index in [0.717, 1.165) is 22.8 Å². The second-order valence-electron chi connectivity index (χ2n) is 6.05. The van der Waals surface area contributed by atoms with E-state index in [0.29, 0.717) is 5.56 Å². The number of benzene rings is 2. The summed E-state index contributed by atoms with van der Waals surface area (Å²) < 4.78 is 41.0. The fourth-order valence-electron chi connectivity index (χ4n) is 2.72. The number of halogens is 1. The lowest BCUT2D eigenvalue weighted by Crippen LogP contribution is -2.28. The lowest BCUT2D eigenvalue weighted by molar-refractivity contribution is 0.565. The van der Waals surface area contributed by atoms with Gasteiger partial charge in [0.25, 0.3) is 0 Å². The Bertz CT molecular complexity index is 844. The van der Waals surface area contributed by atoms with E-state index in [1.165, 1.54) is 17.7 Å². The molecule has 5 heteroatoms. The largest absolute Gasteiger partial charge is 0.241 e. The summed E-state index contributed by atoms with van der Waals surface area (Å²) in [7, 11) is -3.71. The van der Waals surface area contributed by atoms with Crippen LogP contribution in [0.15, 0.2) is 35.2 Å². The first kappa shape index (κ1) is 17.6. The van der Waals surface area contributed by atoms with Crippen LogP contribution < -0.4 is 4.72 Å². The molecule has 0 saturated heterocycles. The van der Waals surface area contributed by atoms with Crippen LogP contribution in [0.3, 0.4) is 0 Å². The third kappa shape index (κ3) is 3.79. The maximum Gasteiger partial charge on any atom is 0.241 e. The molecule has 0 aromatic heterocycles. The van der Waals surface area contributed by atoms with E-state index in [4.69, 9.17) is 0 Å². The molecule has 0 saturated carbocycles. The topological polar surface area (TPSA) is 46.2 Å². The van der Waals surface area contributed by atoms with Gasteiger partial charge in [0, 0.05) is 6.04 Å². The van der Waals surface area contributed by atoms with Crippen LogP contribution in [-0.2, 0) is 10.0 Å². The Morgan fingerprint density at radius 2 is 1.52 bits per heavy atom. The zero-order valence-electron chi connectivity index (χ0n) is 14.1. The van der Waals surface area contributed by atoms with Crippen LogP contribution in [0.4, 0.5) is 4.39 Å². The molecule has 0 aliphatic heterocycles. The van der Waals surface area contributed by atoms with Crippen molar-refractivity contribution < 1.29 is 12.8 Å². The van der Waals surface area contributed by atoms with Gasteiger partial charge in [-0.3, -0.25) is 0 Å². The highest BCUT2D eigenvalue weighted by Crippen LogP contribution is 2.24. The molecule has 1 N–H and O–H groups in total. The molecule has 0 amide bonds. The number of sulfonamides is 1. The quantitative estimate of drug-likeness (QED) is 0.914. The summed E-state index contributed by atoms with van der Waals surface area (Å²) in [6.07, 6.45) is 0. The van der Waals surface area contributed by atoms with Gasteiger partial charge >= 0.3 is 0 Å². The van der Waals surface area contributed by atoms with E-state index >= 15 is 0 Å². The summed E-state index contributed by atoms with van der Waals surface area (Å²) in [6, 6.07) is 7.37. The van der Waals surface area contributed by atoms with Gasteiger partial charge in [-0.1, -0.05) is 12.1 Å². The molecule has 2 rings (SSSR count). The monoisotopic (exact) mass is 335 g/mol. The van der Waals surface area contributed by atoms with Crippen molar-refractivity contribution in [2.75, 3.05) is 0 Å². The maximum atomic E-state index is 13.2. The summed E-state index contributed by atoms with van der Waals surface area (Å²) in [6.45, 7) is 9.40. The van der Waals surface area contributed by atoms with Gasteiger partial charge in [-0.05, 0) is 80.6 Å². The van der Waals surface area contributed by atoms with E-state index in [9.17, 15) is 12.8 Å². The first-order valence-corrected chi connectivity index (χ1v) is 8.96. The molecule has 0 aliphatic rings. The van der Waals surface area contributed by atoms with Crippen LogP contribution >= 0.6 is 0 Å². The summed E-state index contributed by atoms with van der Waals surface area (Å²) in [5.74, 6) is -0.445. The van der Waals surface area contributed by atoms with Gasteiger partial charge < -0.3 is 0 Å². The molecule has 1 atom stereocenters. The second kappa shape index (κ2) is 6.42. The van der Waals surface area contributed by atoms with Gasteiger partial charge in [0.2, 0.25) is 10.0 Å². The number of hydrogen-bond donors (Lipinski definition) is 1. The van der Waals surface area contributed by atoms with Gasteiger partial charge in [0.05, 0.1) is 4.90 Å². The van der Waals surface area contributed by atoms with Crippen molar-refractivity contribution in [3.8, 4) is 0 Å². The molecular formula is C18H22FNO2S. The number of aryl methyl sites for hydroxylation is 4. The first-order valence-electron chi connectivity index (χ1n) is 7.48. The van der Waals surface area contributed by atoms with Crippen molar-refractivity contribution in [3.05, 3.63) is 64.0 Å². The predicted molar refractivity (Wildman–Crippen MR) is 90.5 cm³/mol. The Morgan fingerprint density at radius 1 is 0.913 bits per heavy atom. The number of rotatable bonds is 4. The van der Waals surface area contributed by atoms with E-state index in [1.807, 2.05) is 33.8 Å².